The Morgan fingerprint density at radius 1 is 1.43 bits per heavy atom. The molecule has 0 aromatic carbocycles. The maximum Gasteiger partial charge on any atom is 0.263 e. The number of rotatable bonds is 6. The number of thiophene rings is 1. The fourth-order valence-electron chi connectivity index (χ4n) is 1.92. The summed E-state index contributed by atoms with van der Waals surface area (Å²) in [5.74, 6) is -0.107. The second-order valence-electron chi connectivity index (χ2n) is 4.80. The van der Waals surface area contributed by atoms with Crippen LogP contribution in [-0.2, 0) is 0 Å². The molecular formula is C15H20N4OS. The third-order valence-corrected chi connectivity index (χ3v) is 4.15. The van der Waals surface area contributed by atoms with Gasteiger partial charge in [0.05, 0.1) is 10.7 Å². The van der Waals surface area contributed by atoms with Gasteiger partial charge in [-0.3, -0.25) is 9.78 Å². The Balaban J connectivity index is 2.06. The van der Waals surface area contributed by atoms with E-state index in [-0.39, 0.29) is 11.9 Å². The average molecular weight is 304 g/mol. The van der Waals surface area contributed by atoms with Gasteiger partial charge in [0.2, 0.25) is 0 Å². The van der Waals surface area contributed by atoms with Crippen LogP contribution in [0.1, 0.15) is 41.5 Å². The van der Waals surface area contributed by atoms with Crippen LogP contribution in [0.15, 0.2) is 30.6 Å². The van der Waals surface area contributed by atoms with Gasteiger partial charge in [0.15, 0.2) is 0 Å². The molecule has 0 aliphatic carbocycles. The second kappa shape index (κ2) is 7.08. The number of nitrogen functional groups attached to an aromatic ring is 1. The van der Waals surface area contributed by atoms with Gasteiger partial charge in [0.25, 0.3) is 5.91 Å². The third kappa shape index (κ3) is 3.95. The molecule has 0 radical (unpaired) electrons. The zero-order valence-corrected chi connectivity index (χ0v) is 13.0. The first kappa shape index (κ1) is 15.3. The summed E-state index contributed by atoms with van der Waals surface area (Å²) < 4.78 is 0. The molecule has 1 amide bonds. The lowest BCUT2D eigenvalue weighted by Crippen LogP contribution is -2.23. The van der Waals surface area contributed by atoms with Gasteiger partial charge in [-0.25, -0.2) is 0 Å². The van der Waals surface area contributed by atoms with Crippen LogP contribution in [0.3, 0.4) is 0 Å². The number of pyridine rings is 1. The summed E-state index contributed by atoms with van der Waals surface area (Å²) >= 11 is 1.38. The fraction of sp³-hybridized carbons (Fsp3) is 0.333. The SMILES string of the molecule is CCCNC(=O)c1sc(NC(C)c2ccncc2)cc1N. The normalized spacial score (nSPS) is 11.9. The van der Waals surface area contributed by atoms with Crippen LogP contribution in [0.5, 0.6) is 0 Å². The minimum Gasteiger partial charge on any atom is -0.397 e. The number of nitrogens with one attached hydrogen (secondary N) is 2. The van der Waals surface area contributed by atoms with Crippen molar-refractivity contribution in [3.8, 4) is 0 Å². The van der Waals surface area contributed by atoms with E-state index in [1.807, 2.05) is 25.1 Å². The number of hydrogen-bond acceptors (Lipinski definition) is 5. The van der Waals surface area contributed by atoms with Crippen molar-refractivity contribution in [2.24, 2.45) is 0 Å². The minimum absolute atomic E-state index is 0.107. The van der Waals surface area contributed by atoms with E-state index >= 15 is 0 Å². The molecule has 0 spiro atoms. The highest BCUT2D eigenvalue weighted by Gasteiger charge is 2.15. The summed E-state index contributed by atoms with van der Waals surface area (Å²) in [6.07, 6.45) is 4.43. The lowest BCUT2D eigenvalue weighted by Gasteiger charge is -2.13. The molecular weight excluding hydrogens is 284 g/mol. The molecule has 2 heterocycles. The summed E-state index contributed by atoms with van der Waals surface area (Å²) in [6, 6.07) is 5.86. The number of anilines is 2. The highest BCUT2D eigenvalue weighted by molar-refractivity contribution is 7.18. The van der Waals surface area contributed by atoms with E-state index in [4.69, 9.17) is 5.73 Å². The number of carbonyl (C=O) groups excluding carboxylic acids is 1. The Bertz CT molecular complexity index is 597. The van der Waals surface area contributed by atoms with Crippen molar-refractivity contribution >= 4 is 27.9 Å². The van der Waals surface area contributed by atoms with Crippen LogP contribution >= 0.6 is 11.3 Å². The van der Waals surface area contributed by atoms with Crippen molar-refractivity contribution in [1.29, 1.82) is 0 Å². The van der Waals surface area contributed by atoms with E-state index in [1.165, 1.54) is 11.3 Å². The van der Waals surface area contributed by atoms with Crippen LogP contribution in [0.4, 0.5) is 10.7 Å². The van der Waals surface area contributed by atoms with E-state index < -0.39 is 0 Å². The number of nitrogens with zero attached hydrogens (tertiary/aromatic N) is 1. The first-order valence-corrected chi connectivity index (χ1v) is 7.77. The van der Waals surface area contributed by atoms with Gasteiger partial charge in [-0.05, 0) is 37.1 Å². The number of hydrogen-bond donors (Lipinski definition) is 3. The molecule has 2 aromatic rings. The molecule has 112 valence electrons. The number of amides is 1. The third-order valence-electron chi connectivity index (χ3n) is 3.07. The Morgan fingerprint density at radius 3 is 2.81 bits per heavy atom. The van der Waals surface area contributed by atoms with Crippen LogP contribution in [0, 0.1) is 0 Å². The zero-order chi connectivity index (χ0) is 15.2. The average Bonchev–Trinajstić information content (AvgIpc) is 2.86. The molecule has 0 aliphatic rings. The lowest BCUT2D eigenvalue weighted by atomic mass is 10.1. The van der Waals surface area contributed by atoms with Gasteiger partial charge in [0, 0.05) is 25.0 Å². The Hall–Kier alpha value is -2.08. The molecule has 2 aromatic heterocycles. The number of aromatic nitrogens is 1. The van der Waals surface area contributed by atoms with E-state index in [2.05, 4.69) is 22.5 Å². The van der Waals surface area contributed by atoms with E-state index in [9.17, 15) is 4.79 Å². The Kier molecular flexibility index (Phi) is 5.16. The van der Waals surface area contributed by atoms with Gasteiger partial charge in [-0.15, -0.1) is 11.3 Å². The maximum atomic E-state index is 12.0. The van der Waals surface area contributed by atoms with Gasteiger partial charge < -0.3 is 16.4 Å². The molecule has 1 atom stereocenters. The van der Waals surface area contributed by atoms with Crippen molar-refractivity contribution in [2.45, 2.75) is 26.3 Å². The molecule has 0 aliphatic heterocycles. The quantitative estimate of drug-likeness (QED) is 0.766. The van der Waals surface area contributed by atoms with Crippen molar-refractivity contribution in [3.05, 3.63) is 41.0 Å². The van der Waals surface area contributed by atoms with E-state index in [0.717, 1.165) is 17.0 Å². The summed E-state index contributed by atoms with van der Waals surface area (Å²) in [5.41, 5.74) is 7.57. The highest BCUT2D eigenvalue weighted by Crippen LogP contribution is 2.31. The summed E-state index contributed by atoms with van der Waals surface area (Å²) in [4.78, 5) is 16.5. The molecule has 5 nitrogen and oxygen atoms in total. The van der Waals surface area contributed by atoms with Crippen molar-refractivity contribution in [2.75, 3.05) is 17.6 Å². The predicted molar refractivity (Wildman–Crippen MR) is 87.6 cm³/mol. The van der Waals surface area contributed by atoms with Gasteiger partial charge in [0.1, 0.15) is 4.88 Å². The van der Waals surface area contributed by atoms with E-state index in [1.54, 1.807) is 12.4 Å². The second-order valence-corrected chi connectivity index (χ2v) is 5.85. The molecule has 6 heteroatoms. The number of carbonyl (C=O) groups is 1. The Labute approximate surface area is 128 Å². The summed E-state index contributed by atoms with van der Waals surface area (Å²) in [6.45, 7) is 4.73. The smallest absolute Gasteiger partial charge is 0.263 e. The van der Waals surface area contributed by atoms with Crippen molar-refractivity contribution in [1.82, 2.24) is 10.3 Å². The van der Waals surface area contributed by atoms with Crippen LogP contribution < -0.4 is 16.4 Å². The highest BCUT2D eigenvalue weighted by atomic mass is 32.1. The molecule has 4 N–H and O–H groups in total. The minimum atomic E-state index is -0.107. The maximum absolute atomic E-state index is 12.0. The molecule has 0 saturated heterocycles. The molecule has 0 bridgehead atoms. The van der Waals surface area contributed by atoms with Crippen molar-refractivity contribution < 1.29 is 4.79 Å². The molecule has 2 rings (SSSR count). The molecule has 0 saturated carbocycles. The predicted octanol–water partition coefficient (Wildman–Crippen LogP) is 3.04. The van der Waals surface area contributed by atoms with Gasteiger partial charge >= 0.3 is 0 Å². The molecule has 1 unspecified atom stereocenters. The van der Waals surface area contributed by atoms with E-state index in [0.29, 0.717) is 17.1 Å². The standard InChI is InChI=1S/C15H20N4OS/c1-3-6-18-15(20)14-12(16)9-13(21-14)19-10(2)11-4-7-17-8-5-11/h4-5,7-10,19H,3,6,16H2,1-2H3,(H,18,20). The summed E-state index contributed by atoms with van der Waals surface area (Å²) in [7, 11) is 0. The van der Waals surface area contributed by atoms with Gasteiger partial charge in [-0.1, -0.05) is 6.92 Å². The number of nitrogens with two attached hydrogens (primary N) is 1. The molecule has 0 fully saturated rings. The largest absolute Gasteiger partial charge is 0.397 e. The van der Waals surface area contributed by atoms with Crippen LogP contribution in [-0.4, -0.2) is 17.4 Å². The first-order valence-electron chi connectivity index (χ1n) is 6.95. The van der Waals surface area contributed by atoms with Crippen LogP contribution in [0.2, 0.25) is 0 Å². The van der Waals surface area contributed by atoms with Crippen molar-refractivity contribution in [3.63, 3.8) is 0 Å². The first-order chi connectivity index (χ1) is 10.1. The summed E-state index contributed by atoms with van der Waals surface area (Å²) in [5, 5.41) is 7.09. The Morgan fingerprint density at radius 2 is 2.14 bits per heavy atom. The van der Waals surface area contributed by atoms with Gasteiger partial charge in [-0.2, -0.15) is 0 Å². The monoisotopic (exact) mass is 304 g/mol. The molecule has 21 heavy (non-hydrogen) atoms. The van der Waals surface area contributed by atoms with Crippen LogP contribution in [0.25, 0.3) is 0 Å². The fourth-order valence-corrected chi connectivity index (χ4v) is 2.90. The topological polar surface area (TPSA) is 80.0 Å². The zero-order valence-electron chi connectivity index (χ0n) is 12.2. The lowest BCUT2D eigenvalue weighted by molar-refractivity contribution is 0.0958.